The van der Waals surface area contributed by atoms with Gasteiger partial charge in [0.2, 0.25) is 10.0 Å². The third-order valence-corrected chi connectivity index (χ3v) is 7.88. The minimum Gasteiger partial charge on any atom is -0.497 e. The van der Waals surface area contributed by atoms with Crippen LogP contribution >= 0.6 is 0 Å². The topological polar surface area (TPSA) is 59.1 Å². The SMILES string of the molecule is COc1ccc(CN2CCN(S(=O)(=O)c3c(C)cc(OC)c(C)c3C)CC2)cc1. The highest BCUT2D eigenvalue weighted by atomic mass is 32.2. The quantitative estimate of drug-likeness (QED) is 0.721. The van der Waals surface area contributed by atoms with Crippen LogP contribution in [0.1, 0.15) is 22.3 Å². The smallest absolute Gasteiger partial charge is 0.243 e. The van der Waals surface area contributed by atoms with Crippen molar-refractivity contribution in [3.8, 4) is 11.5 Å². The predicted molar refractivity (Wildman–Crippen MR) is 114 cm³/mol. The number of piperazine rings is 1. The fourth-order valence-corrected chi connectivity index (χ4v) is 5.78. The Balaban J connectivity index is 1.72. The number of nitrogens with zero attached hydrogens (tertiary/aromatic N) is 2. The Morgan fingerprint density at radius 2 is 1.52 bits per heavy atom. The van der Waals surface area contributed by atoms with Gasteiger partial charge in [-0.2, -0.15) is 4.31 Å². The summed E-state index contributed by atoms with van der Waals surface area (Å²) in [6.07, 6.45) is 0. The van der Waals surface area contributed by atoms with Crippen molar-refractivity contribution in [1.29, 1.82) is 0 Å². The van der Waals surface area contributed by atoms with Crippen molar-refractivity contribution in [3.05, 3.63) is 52.6 Å². The molecule has 1 aliphatic rings. The third-order valence-electron chi connectivity index (χ3n) is 5.69. The average Bonchev–Trinajstić information content (AvgIpc) is 2.71. The lowest BCUT2D eigenvalue weighted by atomic mass is 10.1. The van der Waals surface area contributed by atoms with Crippen molar-refractivity contribution in [2.45, 2.75) is 32.2 Å². The van der Waals surface area contributed by atoms with E-state index >= 15 is 0 Å². The van der Waals surface area contributed by atoms with Gasteiger partial charge in [0.1, 0.15) is 11.5 Å². The Hall–Kier alpha value is -2.09. The van der Waals surface area contributed by atoms with E-state index in [1.165, 1.54) is 5.56 Å². The zero-order valence-electron chi connectivity index (χ0n) is 17.9. The number of ether oxygens (including phenoxy) is 2. The Kier molecular flexibility index (Phi) is 6.51. The molecule has 1 heterocycles. The summed E-state index contributed by atoms with van der Waals surface area (Å²) in [4.78, 5) is 2.70. The molecule has 0 saturated carbocycles. The van der Waals surface area contributed by atoms with Crippen LogP contribution < -0.4 is 9.47 Å². The van der Waals surface area contributed by atoms with Crippen LogP contribution in [-0.4, -0.2) is 58.0 Å². The predicted octanol–water partition coefficient (Wildman–Crippen LogP) is 3.14. The van der Waals surface area contributed by atoms with Crippen LogP contribution in [0, 0.1) is 20.8 Å². The lowest BCUT2D eigenvalue weighted by Gasteiger charge is -2.34. The first kappa shape index (κ1) is 21.6. The molecular weight excluding hydrogens is 388 g/mol. The second-order valence-corrected chi connectivity index (χ2v) is 9.38. The Bertz CT molecular complexity index is 963. The van der Waals surface area contributed by atoms with Gasteiger partial charge >= 0.3 is 0 Å². The van der Waals surface area contributed by atoms with Crippen LogP contribution in [0.15, 0.2) is 35.2 Å². The fourth-order valence-electron chi connectivity index (χ4n) is 3.88. The number of aryl methyl sites for hydroxylation is 1. The summed E-state index contributed by atoms with van der Waals surface area (Å²) in [5.41, 5.74) is 3.56. The minimum absolute atomic E-state index is 0.416. The Morgan fingerprint density at radius 1 is 0.897 bits per heavy atom. The maximum absolute atomic E-state index is 13.4. The molecule has 0 atom stereocenters. The monoisotopic (exact) mass is 418 g/mol. The van der Waals surface area contributed by atoms with E-state index < -0.39 is 10.0 Å². The molecule has 1 fully saturated rings. The van der Waals surface area contributed by atoms with E-state index in [1.54, 1.807) is 18.5 Å². The number of sulfonamides is 1. The zero-order chi connectivity index (χ0) is 21.2. The second kappa shape index (κ2) is 8.73. The van der Waals surface area contributed by atoms with Gasteiger partial charge in [0.25, 0.3) is 0 Å². The van der Waals surface area contributed by atoms with Gasteiger partial charge in [-0.25, -0.2) is 8.42 Å². The first-order valence-corrected chi connectivity index (χ1v) is 11.2. The van der Waals surface area contributed by atoms with Gasteiger partial charge in [-0.3, -0.25) is 4.90 Å². The number of hydrogen-bond donors (Lipinski definition) is 0. The van der Waals surface area contributed by atoms with Crippen molar-refractivity contribution in [1.82, 2.24) is 9.21 Å². The van der Waals surface area contributed by atoms with Crippen molar-refractivity contribution in [2.75, 3.05) is 40.4 Å². The van der Waals surface area contributed by atoms with E-state index in [9.17, 15) is 8.42 Å². The maximum Gasteiger partial charge on any atom is 0.243 e. The summed E-state index contributed by atoms with van der Waals surface area (Å²) in [6, 6.07) is 9.82. The van der Waals surface area contributed by atoms with Crippen molar-refractivity contribution in [2.24, 2.45) is 0 Å². The molecule has 6 nitrogen and oxygen atoms in total. The van der Waals surface area contributed by atoms with E-state index in [1.807, 2.05) is 39.0 Å². The molecule has 0 aromatic heterocycles. The molecule has 0 N–H and O–H groups in total. The van der Waals surface area contributed by atoms with E-state index in [2.05, 4.69) is 17.0 Å². The summed E-state index contributed by atoms with van der Waals surface area (Å²) in [5, 5.41) is 0. The molecule has 0 unspecified atom stereocenters. The van der Waals surface area contributed by atoms with Crippen LogP contribution in [0.5, 0.6) is 11.5 Å². The Labute approximate surface area is 174 Å². The highest BCUT2D eigenvalue weighted by molar-refractivity contribution is 7.89. The van der Waals surface area contributed by atoms with Gasteiger partial charge in [-0.05, 0) is 61.2 Å². The molecule has 0 aliphatic carbocycles. The lowest BCUT2D eigenvalue weighted by Crippen LogP contribution is -2.48. The second-order valence-electron chi connectivity index (χ2n) is 7.50. The lowest BCUT2D eigenvalue weighted by molar-refractivity contribution is 0.181. The van der Waals surface area contributed by atoms with Gasteiger partial charge in [0.15, 0.2) is 0 Å². The maximum atomic E-state index is 13.4. The summed E-state index contributed by atoms with van der Waals surface area (Å²) >= 11 is 0. The first-order valence-electron chi connectivity index (χ1n) is 9.78. The van der Waals surface area contributed by atoms with E-state index in [0.717, 1.165) is 34.7 Å². The third kappa shape index (κ3) is 4.42. The minimum atomic E-state index is -3.54. The molecule has 7 heteroatoms. The van der Waals surface area contributed by atoms with E-state index in [4.69, 9.17) is 9.47 Å². The largest absolute Gasteiger partial charge is 0.497 e. The molecule has 1 saturated heterocycles. The van der Waals surface area contributed by atoms with Gasteiger partial charge in [-0.1, -0.05) is 12.1 Å². The number of methoxy groups -OCH3 is 2. The van der Waals surface area contributed by atoms with Crippen molar-refractivity contribution < 1.29 is 17.9 Å². The summed E-state index contributed by atoms with van der Waals surface area (Å²) in [5.74, 6) is 1.56. The van der Waals surface area contributed by atoms with Crippen LogP contribution in [0.25, 0.3) is 0 Å². The molecule has 2 aromatic carbocycles. The highest BCUT2D eigenvalue weighted by Gasteiger charge is 2.31. The molecule has 29 heavy (non-hydrogen) atoms. The molecule has 1 aliphatic heterocycles. The fraction of sp³-hybridized carbons (Fsp3) is 0.455. The zero-order valence-corrected chi connectivity index (χ0v) is 18.7. The van der Waals surface area contributed by atoms with Crippen LogP contribution in [0.3, 0.4) is 0 Å². The normalized spacial score (nSPS) is 16.0. The van der Waals surface area contributed by atoms with Gasteiger partial charge in [-0.15, -0.1) is 0 Å². The first-order chi connectivity index (χ1) is 13.8. The summed E-state index contributed by atoms with van der Waals surface area (Å²) < 4.78 is 38.9. The van der Waals surface area contributed by atoms with Gasteiger partial charge in [0.05, 0.1) is 19.1 Å². The molecule has 0 radical (unpaired) electrons. The number of hydrogen-bond acceptors (Lipinski definition) is 5. The molecule has 0 bridgehead atoms. The number of benzene rings is 2. The summed E-state index contributed by atoms with van der Waals surface area (Å²) in [7, 11) is -0.278. The van der Waals surface area contributed by atoms with Crippen LogP contribution in [-0.2, 0) is 16.6 Å². The molecule has 0 spiro atoms. The van der Waals surface area contributed by atoms with Gasteiger partial charge in [0, 0.05) is 32.7 Å². The van der Waals surface area contributed by atoms with Crippen LogP contribution in [0.2, 0.25) is 0 Å². The van der Waals surface area contributed by atoms with E-state index in [0.29, 0.717) is 31.1 Å². The molecule has 2 aromatic rings. The Morgan fingerprint density at radius 3 is 2.07 bits per heavy atom. The standard InChI is InChI=1S/C22H30N2O4S/c1-16-14-21(28-5)17(2)18(3)22(16)29(25,26)24-12-10-23(11-13-24)15-19-6-8-20(27-4)9-7-19/h6-9,14H,10-13,15H2,1-5H3. The summed E-state index contributed by atoms with van der Waals surface area (Å²) in [6.45, 7) is 8.79. The van der Waals surface area contributed by atoms with Crippen molar-refractivity contribution >= 4 is 10.0 Å². The van der Waals surface area contributed by atoms with Crippen molar-refractivity contribution in [3.63, 3.8) is 0 Å². The van der Waals surface area contributed by atoms with Gasteiger partial charge < -0.3 is 9.47 Å². The molecular formula is C22H30N2O4S. The average molecular weight is 419 g/mol. The highest BCUT2D eigenvalue weighted by Crippen LogP contribution is 2.32. The molecule has 0 amide bonds. The molecule has 158 valence electrons. The van der Waals surface area contributed by atoms with Crippen LogP contribution in [0.4, 0.5) is 0 Å². The molecule has 3 rings (SSSR count). The number of rotatable bonds is 6. The van der Waals surface area contributed by atoms with E-state index in [-0.39, 0.29) is 0 Å².